The summed E-state index contributed by atoms with van der Waals surface area (Å²) >= 11 is 0. The number of carbonyl (C=O) groups is 2. The molecule has 43 heavy (non-hydrogen) atoms. The maximum Gasteiger partial charge on any atom is 0.481 e. The minimum atomic E-state index is -0.666. The van der Waals surface area contributed by atoms with Crippen LogP contribution in [0.5, 0.6) is 0 Å². The zero-order valence-corrected chi connectivity index (χ0v) is 28.1. The lowest BCUT2D eigenvalue weighted by atomic mass is 9.43. The highest BCUT2D eigenvalue weighted by Crippen LogP contribution is 2.65. The Bertz CT molecular complexity index is 927. The van der Waals surface area contributed by atoms with E-state index in [1.165, 1.54) is 44.9 Å². The average Bonchev–Trinajstić information content (AvgIpc) is 3.30. The fraction of sp³-hybridized carbons (Fsp3) is 0.909. The first-order valence-corrected chi connectivity index (χ1v) is 17.4. The van der Waals surface area contributed by atoms with Crippen LogP contribution in [-0.4, -0.2) is 55.1 Å². The maximum atomic E-state index is 13.7. The minimum absolute atomic E-state index is 0.0268. The van der Waals surface area contributed by atoms with Gasteiger partial charge in [-0.05, 0) is 68.6 Å². The van der Waals surface area contributed by atoms with Crippen molar-refractivity contribution in [3.63, 3.8) is 0 Å². The summed E-state index contributed by atoms with van der Waals surface area (Å²) in [5.74, 6) is 0.884. The van der Waals surface area contributed by atoms with Gasteiger partial charge in [-0.15, -0.1) is 0 Å². The van der Waals surface area contributed by atoms with Crippen molar-refractivity contribution in [2.45, 2.75) is 162 Å². The van der Waals surface area contributed by atoms with Crippen molar-refractivity contribution in [2.75, 3.05) is 6.54 Å². The molecule has 0 aromatic heterocycles. The second kappa shape index (κ2) is 16.5. The van der Waals surface area contributed by atoms with Gasteiger partial charge in [0.2, 0.25) is 11.8 Å². The van der Waals surface area contributed by atoms with Crippen molar-refractivity contribution in [1.29, 1.82) is 0 Å². The number of nitrogens with two attached hydrogens (primary N) is 2. The molecule has 6 atom stereocenters. The highest BCUT2D eigenvalue weighted by Gasteiger charge is 2.68. The van der Waals surface area contributed by atoms with Gasteiger partial charge in [0.15, 0.2) is 5.96 Å². The summed E-state index contributed by atoms with van der Waals surface area (Å²) in [5.41, 5.74) is 10.9. The molecule has 1 heterocycles. The molecule has 2 bridgehead atoms. The van der Waals surface area contributed by atoms with Crippen molar-refractivity contribution >= 4 is 24.9 Å². The van der Waals surface area contributed by atoms with Crippen molar-refractivity contribution < 1.29 is 18.9 Å². The molecule has 0 aromatic carbocycles. The number of guanidine groups is 1. The van der Waals surface area contributed by atoms with E-state index in [0.717, 1.165) is 32.1 Å². The van der Waals surface area contributed by atoms with E-state index in [2.05, 4.69) is 57.2 Å². The molecule has 4 fully saturated rings. The van der Waals surface area contributed by atoms with Gasteiger partial charge in [-0.2, -0.15) is 0 Å². The number of unbranched alkanes of at least 4 members (excludes halogenated alkanes) is 8. The van der Waals surface area contributed by atoms with Crippen molar-refractivity contribution in [3.8, 4) is 0 Å². The van der Waals surface area contributed by atoms with E-state index in [1.54, 1.807) is 0 Å². The van der Waals surface area contributed by atoms with E-state index in [1.807, 2.05) is 0 Å². The molecule has 3 saturated carbocycles. The van der Waals surface area contributed by atoms with E-state index in [9.17, 15) is 9.59 Å². The van der Waals surface area contributed by atoms with Crippen LogP contribution in [0.3, 0.4) is 0 Å². The molecule has 0 radical (unpaired) electrons. The summed E-state index contributed by atoms with van der Waals surface area (Å²) in [4.78, 5) is 30.7. The Morgan fingerprint density at radius 3 is 2.21 bits per heavy atom. The van der Waals surface area contributed by atoms with Gasteiger partial charge in [0.05, 0.1) is 17.6 Å². The molecule has 246 valence electrons. The first kappa shape index (κ1) is 35.7. The number of aliphatic imine (C=N–C) groups is 1. The molecule has 10 heteroatoms. The first-order valence-electron chi connectivity index (χ1n) is 17.4. The van der Waals surface area contributed by atoms with Crippen LogP contribution in [0.4, 0.5) is 0 Å². The van der Waals surface area contributed by atoms with Crippen LogP contribution in [0, 0.1) is 23.2 Å². The fourth-order valence-electron chi connectivity index (χ4n) is 7.74. The Balaban J connectivity index is 1.56. The van der Waals surface area contributed by atoms with Gasteiger partial charge >= 0.3 is 7.12 Å². The Morgan fingerprint density at radius 1 is 0.953 bits per heavy atom. The molecular weight excluding hydrogens is 541 g/mol. The SMILES string of the molecule is CCCCCCCCCCCC(=O)N[C@@H](CCCN=C(N)N)C(=O)N[C@@H](CC(C)C)B1O[C@@H]2C[C@@H]3C[C@@H](C3(C)C)[C@]2(C)O1. The topological polar surface area (TPSA) is 141 Å². The predicted octanol–water partition coefficient (Wildman–Crippen LogP) is 5.24. The van der Waals surface area contributed by atoms with Gasteiger partial charge in [-0.3, -0.25) is 14.6 Å². The van der Waals surface area contributed by atoms with E-state index >= 15 is 0 Å². The standard InChI is InChI=1S/C33H62BN5O4/c1-7-8-9-10-11-12-13-14-15-18-29(40)38-25(17-16-19-37-31(35)36)30(41)39-28(20-23(2)3)34-42-27-22-24-21-26(32(24,4)5)33(27,6)43-34/h23-28H,7-22H2,1-6H3,(H,38,40)(H,39,41)(H4,35,36,37)/t24-,25-,26-,27+,28-,33-/m0/s1. The normalized spacial score (nSPS) is 26.8. The number of rotatable bonds is 20. The molecule has 1 aliphatic heterocycles. The number of nitrogens with one attached hydrogen (secondary N) is 2. The summed E-state index contributed by atoms with van der Waals surface area (Å²) in [7, 11) is -0.503. The second-order valence-corrected chi connectivity index (χ2v) is 14.7. The monoisotopic (exact) mass is 603 g/mol. The Morgan fingerprint density at radius 2 is 1.60 bits per heavy atom. The van der Waals surface area contributed by atoms with Gasteiger partial charge in [-0.1, -0.05) is 86.0 Å². The zero-order chi connectivity index (χ0) is 31.6. The zero-order valence-electron chi connectivity index (χ0n) is 28.1. The van der Waals surface area contributed by atoms with E-state index in [4.69, 9.17) is 20.8 Å². The molecule has 0 spiro atoms. The smallest absolute Gasteiger partial charge is 0.404 e. The van der Waals surface area contributed by atoms with E-state index in [0.29, 0.717) is 43.6 Å². The molecule has 6 N–H and O–H groups in total. The highest BCUT2D eigenvalue weighted by molar-refractivity contribution is 6.48. The number of hydrogen-bond donors (Lipinski definition) is 4. The Labute approximate surface area is 262 Å². The summed E-state index contributed by atoms with van der Waals surface area (Å²) in [6.07, 6.45) is 15.1. The highest BCUT2D eigenvalue weighted by atomic mass is 16.7. The largest absolute Gasteiger partial charge is 0.481 e. The number of nitrogens with zero attached hydrogens (tertiary/aromatic N) is 1. The third kappa shape index (κ3) is 9.84. The molecule has 0 unspecified atom stereocenters. The number of carbonyl (C=O) groups excluding carboxylic acids is 2. The lowest BCUT2D eigenvalue weighted by molar-refractivity contribution is -0.199. The van der Waals surface area contributed by atoms with Crippen molar-refractivity contribution in [1.82, 2.24) is 10.6 Å². The lowest BCUT2D eigenvalue weighted by Crippen LogP contribution is -2.65. The molecule has 3 aliphatic carbocycles. The van der Waals surface area contributed by atoms with E-state index in [-0.39, 0.29) is 40.8 Å². The van der Waals surface area contributed by atoms with Gasteiger partial charge in [0.1, 0.15) is 6.04 Å². The van der Waals surface area contributed by atoms with Crippen LogP contribution < -0.4 is 22.1 Å². The van der Waals surface area contributed by atoms with Crippen LogP contribution in [0.15, 0.2) is 4.99 Å². The quantitative estimate of drug-likeness (QED) is 0.0649. The van der Waals surface area contributed by atoms with Crippen LogP contribution in [0.1, 0.15) is 138 Å². The summed E-state index contributed by atoms with van der Waals surface area (Å²) < 4.78 is 13.3. The molecular formula is C33H62BN5O4. The fourth-order valence-corrected chi connectivity index (χ4v) is 7.74. The molecule has 1 saturated heterocycles. The molecule has 0 aromatic rings. The molecule has 4 aliphatic rings. The van der Waals surface area contributed by atoms with Gasteiger partial charge in [0, 0.05) is 13.0 Å². The van der Waals surface area contributed by atoms with E-state index < -0.39 is 13.2 Å². The Kier molecular flexibility index (Phi) is 13.7. The third-order valence-corrected chi connectivity index (χ3v) is 10.5. The van der Waals surface area contributed by atoms with Crippen LogP contribution in [0.2, 0.25) is 0 Å². The molecule has 9 nitrogen and oxygen atoms in total. The van der Waals surface area contributed by atoms with Crippen molar-refractivity contribution in [2.24, 2.45) is 39.6 Å². The van der Waals surface area contributed by atoms with Gasteiger partial charge in [-0.25, -0.2) is 0 Å². The van der Waals surface area contributed by atoms with Crippen molar-refractivity contribution in [3.05, 3.63) is 0 Å². The number of amides is 2. The third-order valence-electron chi connectivity index (χ3n) is 10.5. The molecule has 4 rings (SSSR count). The summed E-state index contributed by atoms with van der Waals surface area (Å²) in [6.45, 7) is 13.8. The maximum absolute atomic E-state index is 13.7. The molecule has 2 amide bonds. The summed E-state index contributed by atoms with van der Waals surface area (Å²) in [5, 5.41) is 6.26. The Hall–Kier alpha value is -1.81. The number of hydrogen-bond acceptors (Lipinski definition) is 5. The van der Waals surface area contributed by atoms with Crippen LogP contribution in [0.25, 0.3) is 0 Å². The first-order chi connectivity index (χ1) is 20.4. The summed E-state index contributed by atoms with van der Waals surface area (Å²) in [6, 6.07) is -0.666. The minimum Gasteiger partial charge on any atom is -0.404 e. The van der Waals surface area contributed by atoms with Crippen LogP contribution >= 0.6 is 0 Å². The van der Waals surface area contributed by atoms with Gasteiger partial charge < -0.3 is 31.4 Å². The average molecular weight is 604 g/mol. The van der Waals surface area contributed by atoms with Gasteiger partial charge in [0.25, 0.3) is 0 Å². The van der Waals surface area contributed by atoms with Crippen LogP contribution in [-0.2, 0) is 18.9 Å². The predicted molar refractivity (Wildman–Crippen MR) is 175 cm³/mol. The second-order valence-electron chi connectivity index (χ2n) is 14.7. The lowest BCUT2D eigenvalue weighted by Gasteiger charge is -2.64.